The molecule has 2 unspecified atom stereocenters. The molecule has 2 aliphatic heterocycles. The van der Waals surface area contributed by atoms with Gasteiger partial charge in [-0.2, -0.15) is 0 Å². The monoisotopic (exact) mass is 276 g/mol. The lowest BCUT2D eigenvalue weighted by Crippen LogP contribution is -2.50. The van der Waals surface area contributed by atoms with E-state index in [-0.39, 0.29) is 17.4 Å². The molecule has 1 aromatic carbocycles. The zero-order chi connectivity index (χ0) is 14.2. The number of aromatic hydroxyl groups is 1. The number of carbonyl (C=O) groups is 1. The van der Waals surface area contributed by atoms with Crippen molar-refractivity contribution in [1.82, 2.24) is 10.2 Å². The van der Waals surface area contributed by atoms with Gasteiger partial charge in [0.2, 0.25) is 0 Å². The van der Waals surface area contributed by atoms with Gasteiger partial charge in [0.25, 0.3) is 0 Å². The van der Waals surface area contributed by atoms with E-state index in [4.69, 9.17) is 4.74 Å². The average molecular weight is 276 g/mol. The van der Waals surface area contributed by atoms with Crippen molar-refractivity contribution in [2.24, 2.45) is 5.92 Å². The summed E-state index contributed by atoms with van der Waals surface area (Å²) >= 11 is 0. The Labute approximate surface area is 118 Å². The number of phenolic OH excluding ortho intramolecular Hbond substituents is 1. The molecule has 0 radical (unpaired) electrons. The summed E-state index contributed by atoms with van der Waals surface area (Å²) in [4.78, 5) is 13.9. The van der Waals surface area contributed by atoms with Crippen LogP contribution in [0.2, 0.25) is 0 Å². The Morgan fingerprint density at radius 1 is 1.45 bits per heavy atom. The molecule has 1 amide bonds. The van der Waals surface area contributed by atoms with E-state index in [0.717, 1.165) is 25.1 Å². The molecular formula is C15H20N2O3. The molecule has 20 heavy (non-hydrogen) atoms. The van der Waals surface area contributed by atoms with Gasteiger partial charge in [0.1, 0.15) is 12.4 Å². The van der Waals surface area contributed by atoms with Crippen LogP contribution in [0.5, 0.6) is 5.75 Å². The highest BCUT2D eigenvalue weighted by molar-refractivity contribution is 5.71. The molecule has 0 aliphatic carbocycles. The number of rotatable bonds is 3. The summed E-state index contributed by atoms with van der Waals surface area (Å²) in [6.07, 6.45) is 0.826. The standard InChI is InChI=1S/C15H20N2O3/c1-15(12-6-7-16-8-12)10-20-14(19)17(15)9-11-2-4-13(18)5-3-11/h2-5,12,16,18H,6-10H2,1H3. The first-order valence-corrected chi connectivity index (χ1v) is 7.02. The first-order valence-electron chi connectivity index (χ1n) is 7.02. The van der Waals surface area contributed by atoms with Gasteiger partial charge in [0, 0.05) is 13.1 Å². The highest BCUT2D eigenvalue weighted by atomic mass is 16.6. The summed E-state index contributed by atoms with van der Waals surface area (Å²) in [5.74, 6) is 0.659. The molecule has 0 spiro atoms. The number of nitrogens with zero attached hydrogens (tertiary/aromatic N) is 1. The van der Waals surface area contributed by atoms with Crippen LogP contribution in [0.1, 0.15) is 18.9 Å². The van der Waals surface area contributed by atoms with Gasteiger partial charge in [-0.15, -0.1) is 0 Å². The van der Waals surface area contributed by atoms with Crippen molar-refractivity contribution in [3.05, 3.63) is 29.8 Å². The fourth-order valence-electron chi connectivity index (χ4n) is 3.13. The van der Waals surface area contributed by atoms with Gasteiger partial charge in [-0.25, -0.2) is 4.79 Å². The number of hydrogen-bond acceptors (Lipinski definition) is 4. The van der Waals surface area contributed by atoms with Gasteiger partial charge in [0.15, 0.2) is 0 Å². The molecule has 108 valence electrons. The summed E-state index contributed by atoms with van der Waals surface area (Å²) in [5.41, 5.74) is 0.747. The molecule has 1 aromatic rings. The smallest absolute Gasteiger partial charge is 0.410 e. The van der Waals surface area contributed by atoms with Crippen LogP contribution in [0.25, 0.3) is 0 Å². The van der Waals surface area contributed by atoms with Crippen LogP contribution in [0.4, 0.5) is 4.79 Å². The van der Waals surface area contributed by atoms with Crippen molar-refractivity contribution in [1.29, 1.82) is 0 Å². The number of amides is 1. The SMILES string of the molecule is CC1(C2CCNC2)COC(=O)N1Cc1ccc(O)cc1. The summed E-state index contributed by atoms with van der Waals surface area (Å²) < 4.78 is 5.30. The highest BCUT2D eigenvalue weighted by Gasteiger charge is 2.49. The largest absolute Gasteiger partial charge is 0.508 e. The Kier molecular flexibility index (Phi) is 3.30. The van der Waals surface area contributed by atoms with Crippen LogP contribution in [-0.4, -0.2) is 41.3 Å². The molecule has 0 saturated carbocycles. The average Bonchev–Trinajstić information content (AvgIpc) is 3.06. The second kappa shape index (κ2) is 4.98. The molecule has 3 rings (SSSR count). The maximum atomic E-state index is 12.1. The lowest BCUT2D eigenvalue weighted by molar-refractivity contribution is 0.117. The minimum atomic E-state index is -0.252. The van der Waals surface area contributed by atoms with E-state index in [9.17, 15) is 9.90 Å². The number of hydrogen-bond donors (Lipinski definition) is 2. The third kappa shape index (κ3) is 2.22. The van der Waals surface area contributed by atoms with Crippen LogP contribution >= 0.6 is 0 Å². The van der Waals surface area contributed by atoms with Crippen molar-refractivity contribution in [3.63, 3.8) is 0 Å². The van der Waals surface area contributed by atoms with Crippen molar-refractivity contribution < 1.29 is 14.6 Å². The zero-order valence-electron chi connectivity index (χ0n) is 11.6. The molecule has 0 bridgehead atoms. The van der Waals surface area contributed by atoms with Crippen LogP contribution in [0.15, 0.2) is 24.3 Å². The van der Waals surface area contributed by atoms with E-state index in [1.165, 1.54) is 0 Å². The minimum absolute atomic E-state index is 0.237. The Morgan fingerprint density at radius 3 is 2.85 bits per heavy atom. The van der Waals surface area contributed by atoms with Crippen molar-refractivity contribution in [3.8, 4) is 5.75 Å². The molecular weight excluding hydrogens is 256 g/mol. The first kappa shape index (κ1) is 13.2. The van der Waals surface area contributed by atoms with Crippen LogP contribution in [0, 0.1) is 5.92 Å². The van der Waals surface area contributed by atoms with Gasteiger partial charge in [-0.05, 0) is 43.5 Å². The number of cyclic esters (lactones) is 1. The minimum Gasteiger partial charge on any atom is -0.508 e. The maximum Gasteiger partial charge on any atom is 0.410 e. The topological polar surface area (TPSA) is 61.8 Å². The predicted molar refractivity (Wildman–Crippen MR) is 74.4 cm³/mol. The Balaban J connectivity index is 1.81. The van der Waals surface area contributed by atoms with Crippen LogP contribution < -0.4 is 5.32 Å². The molecule has 2 aliphatic rings. The van der Waals surface area contributed by atoms with E-state index < -0.39 is 0 Å². The van der Waals surface area contributed by atoms with E-state index in [2.05, 4.69) is 12.2 Å². The molecule has 2 saturated heterocycles. The molecule has 5 nitrogen and oxygen atoms in total. The van der Waals surface area contributed by atoms with Crippen LogP contribution in [0.3, 0.4) is 0 Å². The van der Waals surface area contributed by atoms with E-state index in [1.807, 2.05) is 17.0 Å². The van der Waals surface area contributed by atoms with Crippen molar-refractivity contribution >= 4 is 6.09 Å². The molecule has 0 aromatic heterocycles. The molecule has 2 fully saturated rings. The summed E-state index contributed by atoms with van der Waals surface area (Å²) in [6, 6.07) is 6.97. The van der Waals surface area contributed by atoms with Gasteiger partial charge >= 0.3 is 6.09 Å². The number of benzene rings is 1. The lowest BCUT2D eigenvalue weighted by Gasteiger charge is -2.36. The Hall–Kier alpha value is -1.75. The Bertz CT molecular complexity index is 496. The third-order valence-corrected chi connectivity index (χ3v) is 4.54. The Morgan fingerprint density at radius 2 is 2.20 bits per heavy atom. The fourth-order valence-corrected chi connectivity index (χ4v) is 3.13. The normalized spacial score (nSPS) is 29.8. The first-order chi connectivity index (χ1) is 9.59. The van der Waals surface area contributed by atoms with Crippen molar-refractivity contribution in [2.45, 2.75) is 25.4 Å². The molecule has 2 atom stereocenters. The number of nitrogens with one attached hydrogen (secondary N) is 1. The lowest BCUT2D eigenvalue weighted by atomic mass is 9.84. The van der Waals surface area contributed by atoms with E-state index in [0.29, 0.717) is 19.1 Å². The van der Waals surface area contributed by atoms with Gasteiger partial charge in [0.05, 0.1) is 5.54 Å². The number of ether oxygens (including phenoxy) is 1. The van der Waals surface area contributed by atoms with Crippen LogP contribution in [-0.2, 0) is 11.3 Å². The second-order valence-electron chi connectivity index (χ2n) is 5.85. The van der Waals surface area contributed by atoms with Crippen molar-refractivity contribution in [2.75, 3.05) is 19.7 Å². The second-order valence-corrected chi connectivity index (χ2v) is 5.85. The number of carbonyl (C=O) groups excluding carboxylic acids is 1. The van der Waals surface area contributed by atoms with E-state index >= 15 is 0 Å². The molecule has 2 heterocycles. The molecule has 2 N–H and O–H groups in total. The fraction of sp³-hybridized carbons (Fsp3) is 0.533. The van der Waals surface area contributed by atoms with E-state index in [1.54, 1.807) is 12.1 Å². The van der Waals surface area contributed by atoms with Gasteiger partial charge in [-0.3, -0.25) is 4.90 Å². The highest BCUT2D eigenvalue weighted by Crippen LogP contribution is 2.36. The quantitative estimate of drug-likeness (QED) is 0.882. The predicted octanol–water partition coefficient (Wildman–Crippen LogP) is 1.71. The summed E-state index contributed by atoms with van der Waals surface area (Å²) in [6.45, 7) is 5.01. The zero-order valence-corrected chi connectivity index (χ0v) is 11.6. The molecule has 5 heteroatoms. The number of phenols is 1. The van der Waals surface area contributed by atoms with Gasteiger partial charge in [-0.1, -0.05) is 12.1 Å². The summed E-state index contributed by atoms with van der Waals surface area (Å²) in [7, 11) is 0. The van der Waals surface area contributed by atoms with Gasteiger partial charge < -0.3 is 15.2 Å². The third-order valence-electron chi connectivity index (χ3n) is 4.54. The maximum absolute atomic E-state index is 12.1. The summed E-state index contributed by atoms with van der Waals surface area (Å²) in [5, 5.41) is 12.7.